The molecule has 1 fully saturated rings. The number of carbonyl (C=O) groups is 1. The summed E-state index contributed by atoms with van der Waals surface area (Å²) in [5.74, 6) is -0.117. The molecule has 0 aliphatic carbocycles. The smallest absolute Gasteiger partial charge is 0.311 e. The van der Waals surface area contributed by atoms with E-state index in [0.717, 1.165) is 26.1 Å². The number of rotatable bonds is 4. The van der Waals surface area contributed by atoms with Crippen molar-refractivity contribution in [3.63, 3.8) is 0 Å². The fourth-order valence-electron chi connectivity index (χ4n) is 2.21. The van der Waals surface area contributed by atoms with Crippen molar-refractivity contribution in [1.82, 2.24) is 10.2 Å². The second-order valence-corrected chi connectivity index (χ2v) is 5.78. The largest absolute Gasteiger partial charge is 0.469 e. The molecule has 0 spiro atoms. The van der Waals surface area contributed by atoms with Gasteiger partial charge in [-0.1, -0.05) is 0 Å². The number of nitrogens with zero attached hydrogens (tertiary/aromatic N) is 1. The number of esters is 1. The second-order valence-electron chi connectivity index (χ2n) is 5.78. The van der Waals surface area contributed by atoms with Crippen LogP contribution in [0, 0.1) is 5.41 Å². The molecule has 1 aliphatic rings. The minimum absolute atomic E-state index is 0.117. The Balaban J connectivity index is 2.46. The topological polar surface area (TPSA) is 41.6 Å². The first-order chi connectivity index (χ1) is 7.86. The van der Waals surface area contributed by atoms with E-state index < -0.39 is 0 Å². The summed E-state index contributed by atoms with van der Waals surface area (Å²) in [5.41, 5.74) is -0.386. The summed E-state index contributed by atoms with van der Waals surface area (Å²) in [6.07, 6.45) is 0.844. The average Bonchev–Trinajstić information content (AvgIpc) is 2.29. The highest BCUT2D eigenvalue weighted by Gasteiger charge is 2.31. The highest BCUT2D eigenvalue weighted by atomic mass is 16.5. The fraction of sp³-hybridized carbons (Fsp3) is 0.923. The summed E-state index contributed by atoms with van der Waals surface area (Å²) < 4.78 is 4.83. The molecule has 0 bridgehead atoms. The molecule has 1 aliphatic heterocycles. The van der Waals surface area contributed by atoms with Crippen molar-refractivity contribution in [2.24, 2.45) is 5.41 Å². The van der Waals surface area contributed by atoms with Crippen molar-refractivity contribution in [2.45, 2.75) is 46.2 Å². The van der Waals surface area contributed by atoms with Crippen LogP contribution in [-0.2, 0) is 9.53 Å². The van der Waals surface area contributed by atoms with E-state index in [2.05, 4.69) is 24.1 Å². The normalized spacial score (nSPS) is 26.9. The fourth-order valence-corrected chi connectivity index (χ4v) is 2.21. The van der Waals surface area contributed by atoms with Gasteiger partial charge < -0.3 is 10.1 Å². The Morgan fingerprint density at radius 2 is 2.12 bits per heavy atom. The summed E-state index contributed by atoms with van der Waals surface area (Å²) in [6, 6.07) is 1.08. The summed E-state index contributed by atoms with van der Waals surface area (Å²) in [6.45, 7) is 11.4. The van der Waals surface area contributed by atoms with E-state index >= 15 is 0 Å². The monoisotopic (exact) mass is 242 g/mol. The van der Waals surface area contributed by atoms with E-state index in [0.29, 0.717) is 12.1 Å². The molecule has 100 valence electrons. The van der Waals surface area contributed by atoms with Gasteiger partial charge in [-0.15, -0.1) is 0 Å². The van der Waals surface area contributed by atoms with Crippen molar-refractivity contribution in [3.8, 4) is 0 Å². The maximum Gasteiger partial charge on any atom is 0.311 e. The molecule has 0 aromatic rings. The molecule has 4 nitrogen and oxygen atoms in total. The SMILES string of the molecule is COC(=O)C(C)(C)CCN1CC(C)NCC1C. The number of carbonyl (C=O) groups excluding carboxylic acids is 1. The molecule has 0 radical (unpaired) electrons. The lowest BCUT2D eigenvalue weighted by molar-refractivity contribution is -0.151. The Labute approximate surface area is 105 Å². The lowest BCUT2D eigenvalue weighted by Gasteiger charge is -2.38. The van der Waals surface area contributed by atoms with Crippen LogP contribution in [0.3, 0.4) is 0 Å². The van der Waals surface area contributed by atoms with Gasteiger partial charge >= 0.3 is 5.97 Å². The molecule has 0 saturated carbocycles. The standard InChI is InChI=1S/C13H26N2O2/c1-10-9-15(11(2)8-14-10)7-6-13(3,4)12(16)17-5/h10-11,14H,6-9H2,1-5H3. The number of hydrogen-bond donors (Lipinski definition) is 1. The molecule has 4 heteroatoms. The van der Waals surface area contributed by atoms with Gasteiger partial charge in [0.05, 0.1) is 12.5 Å². The molecule has 0 aromatic heterocycles. The maximum atomic E-state index is 11.6. The molecule has 1 rings (SSSR count). The van der Waals surface area contributed by atoms with Crippen LogP contribution in [-0.4, -0.2) is 49.7 Å². The number of hydrogen-bond acceptors (Lipinski definition) is 4. The van der Waals surface area contributed by atoms with E-state index in [1.807, 2.05) is 13.8 Å². The Bertz CT molecular complexity index is 266. The van der Waals surface area contributed by atoms with Crippen LogP contribution in [0.4, 0.5) is 0 Å². The summed E-state index contributed by atoms with van der Waals surface area (Å²) in [5, 5.41) is 3.46. The highest BCUT2D eigenvalue weighted by Crippen LogP contribution is 2.23. The van der Waals surface area contributed by atoms with Crippen molar-refractivity contribution in [3.05, 3.63) is 0 Å². The Morgan fingerprint density at radius 3 is 2.71 bits per heavy atom. The van der Waals surface area contributed by atoms with Crippen molar-refractivity contribution >= 4 is 5.97 Å². The van der Waals surface area contributed by atoms with E-state index in [-0.39, 0.29) is 11.4 Å². The molecule has 1 heterocycles. The maximum absolute atomic E-state index is 11.6. The van der Waals surface area contributed by atoms with Crippen LogP contribution in [0.25, 0.3) is 0 Å². The van der Waals surface area contributed by atoms with Gasteiger partial charge in [0, 0.05) is 25.2 Å². The zero-order chi connectivity index (χ0) is 13.1. The van der Waals surface area contributed by atoms with Crippen LogP contribution in [0.2, 0.25) is 0 Å². The van der Waals surface area contributed by atoms with Crippen LogP contribution in [0.1, 0.15) is 34.1 Å². The number of methoxy groups -OCH3 is 1. The van der Waals surface area contributed by atoms with Gasteiger partial charge in [-0.05, 0) is 40.7 Å². The van der Waals surface area contributed by atoms with Crippen LogP contribution in [0.15, 0.2) is 0 Å². The highest BCUT2D eigenvalue weighted by molar-refractivity contribution is 5.75. The Hall–Kier alpha value is -0.610. The van der Waals surface area contributed by atoms with Gasteiger partial charge in [-0.25, -0.2) is 0 Å². The Kier molecular flexibility index (Phi) is 4.95. The predicted molar refractivity (Wildman–Crippen MR) is 68.9 cm³/mol. The molecule has 1 N–H and O–H groups in total. The quantitative estimate of drug-likeness (QED) is 0.754. The number of piperazine rings is 1. The second kappa shape index (κ2) is 5.83. The third-order valence-corrected chi connectivity index (χ3v) is 3.66. The molecular weight excluding hydrogens is 216 g/mol. The van der Waals surface area contributed by atoms with Gasteiger partial charge in [-0.3, -0.25) is 9.69 Å². The van der Waals surface area contributed by atoms with Crippen LogP contribution in [0.5, 0.6) is 0 Å². The third kappa shape index (κ3) is 3.96. The van der Waals surface area contributed by atoms with E-state index in [4.69, 9.17) is 4.74 Å². The Morgan fingerprint density at radius 1 is 1.47 bits per heavy atom. The van der Waals surface area contributed by atoms with Crippen LogP contribution >= 0.6 is 0 Å². The summed E-state index contributed by atoms with van der Waals surface area (Å²) in [4.78, 5) is 14.0. The van der Waals surface area contributed by atoms with Gasteiger partial charge in [0.2, 0.25) is 0 Å². The predicted octanol–water partition coefficient (Wildman–Crippen LogP) is 1.26. The van der Waals surface area contributed by atoms with Crippen molar-refractivity contribution < 1.29 is 9.53 Å². The van der Waals surface area contributed by atoms with Gasteiger partial charge in [0.1, 0.15) is 0 Å². The summed E-state index contributed by atoms with van der Waals surface area (Å²) >= 11 is 0. The lowest BCUT2D eigenvalue weighted by Crippen LogP contribution is -2.54. The van der Waals surface area contributed by atoms with Gasteiger partial charge in [0.15, 0.2) is 0 Å². The third-order valence-electron chi connectivity index (χ3n) is 3.66. The first-order valence-corrected chi connectivity index (χ1v) is 6.42. The lowest BCUT2D eigenvalue weighted by atomic mass is 9.89. The summed E-state index contributed by atoms with van der Waals surface area (Å²) in [7, 11) is 1.46. The molecule has 1 saturated heterocycles. The first kappa shape index (κ1) is 14.5. The minimum Gasteiger partial charge on any atom is -0.469 e. The minimum atomic E-state index is -0.386. The van der Waals surface area contributed by atoms with Gasteiger partial charge in [0.25, 0.3) is 0 Å². The van der Waals surface area contributed by atoms with E-state index in [9.17, 15) is 4.79 Å². The first-order valence-electron chi connectivity index (χ1n) is 6.42. The molecule has 17 heavy (non-hydrogen) atoms. The van der Waals surface area contributed by atoms with Crippen molar-refractivity contribution in [1.29, 1.82) is 0 Å². The number of nitrogens with one attached hydrogen (secondary N) is 1. The zero-order valence-corrected chi connectivity index (χ0v) is 11.7. The number of ether oxygens (including phenoxy) is 1. The zero-order valence-electron chi connectivity index (χ0n) is 11.7. The average molecular weight is 242 g/mol. The molecule has 2 atom stereocenters. The van der Waals surface area contributed by atoms with Gasteiger partial charge in [-0.2, -0.15) is 0 Å². The molecule has 0 aromatic carbocycles. The van der Waals surface area contributed by atoms with Crippen molar-refractivity contribution in [2.75, 3.05) is 26.7 Å². The van der Waals surface area contributed by atoms with E-state index in [1.165, 1.54) is 7.11 Å². The molecule has 2 unspecified atom stereocenters. The molecular formula is C13H26N2O2. The molecule has 0 amide bonds. The van der Waals surface area contributed by atoms with Crippen LogP contribution < -0.4 is 5.32 Å². The van der Waals surface area contributed by atoms with E-state index in [1.54, 1.807) is 0 Å².